The van der Waals surface area contributed by atoms with Crippen LogP contribution in [0.1, 0.15) is 44.6 Å². The number of benzene rings is 1. The van der Waals surface area contributed by atoms with Crippen molar-refractivity contribution in [3.05, 3.63) is 35.9 Å². The van der Waals surface area contributed by atoms with Gasteiger partial charge in [0.2, 0.25) is 0 Å². The van der Waals surface area contributed by atoms with Gasteiger partial charge >= 0.3 is 5.97 Å². The molecule has 0 spiro atoms. The van der Waals surface area contributed by atoms with Gasteiger partial charge in [0.1, 0.15) is 5.60 Å². The van der Waals surface area contributed by atoms with E-state index < -0.39 is 0 Å². The van der Waals surface area contributed by atoms with E-state index in [0.29, 0.717) is 6.42 Å². The molecule has 0 unspecified atom stereocenters. The highest BCUT2D eigenvalue weighted by Gasteiger charge is 2.37. The lowest BCUT2D eigenvalue weighted by molar-refractivity contribution is -0.158. The fraction of sp³-hybridized carbons (Fsp3) is 0.533. The zero-order chi connectivity index (χ0) is 12.1. The molecule has 17 heavy (non-hydrogen) atoms. The van der Waals surface area contributed by atoms with Gasteiger partial charge in [-0.05, 0) is 31.2 Å². The normalized spacial score (nSPS) is 17.9. The van der Waals surface area contributed by atoms with E-state index in [2.05, 4.69) is 12.1 Å². The number of carbonyl (C=O) groups excluding carboxylic acids is 1. The molecular formula is C15H20O2. The molecular weight excluding hydrogens is 212 g/mol. The van der Waals surface area contributed by atoms with Crippen molar-refractivity contribution in [1.29, 1.82) is 0 Å². The summed E-state index contributed by atoms with van der Waals surface area (Å²) in [5, 5.41) is 0. The number of carbonyl (C=O) groups is 1. The molecule has 1 aliphatic rings. The highest BCUT2D eigenvalue weighted by atomic mass is 16.6. The van der Waals surface area contributed by atoms with E-state index in [0.717, 1.165) is 19.3 Å². The van der Waals surface area contributed by atoms with Gasteiger partial charge in [-0.2, -0.15) is 0 Å². The zero-order valence-corrected chi connectivity index (χ0v) is 10.4. The molecule has 0 atom stereocenters. The molecule has 0 amide bonds. The maximum absolute atomic E-state index is 11.5. The monoisotopic (exact) mass is 232 g/mol. The van der Waals surface area contributed by atoms with Crippen LogP contribution in [-0.2, 0) is 16.0 Å². The van der Waals surface area contributed by atoms with Crippen molar-refractivity contribution >= 4 is 5.97 Å². The fourth-order valence-electron chi connectivity index (χ4n) is 2.62. The lowest BCUT2D eigenvalue weighted by Gasteiger charge is -2.29. The Bertz CT molecular complexity index is 364. The molecule has 1 saturated carbocycles. The smallest absolute Gasteiger partial charge is 0.306 e. The van der Waals surface area contributed by atoms with Gasteiger partial charge in [-0.25, -0.2) is 0 Å². The number of esters is 1. The second-order valence-electron chi connectivity index (χ2n) is 4.88. The first-order chi connectivity index (χ1) is 8.24. The topological polar surface area (TPSA) is 26.3 Å². The van der Waals surface area contributed by atoms with Crippen molar-refractivity contribution in [2.24, 2.45) is 0 Å². The second kappa shape index (κ2) is 5.35. The molecule has 0 heterocycles. The van der Waals surface area contributed by atoms with Crippen molar-refractivity contribution in [3.8, 4) is 0 Å². The molecule has 92 valence electrons. The minimum atomic E-state index is -0.228. The molecule has 2 rings (SSSR count). The summed E-state index contributed by atoms with van der Waals surface area (Å²) in [6.45, 7) is 1.85. The third-order valence-electron chi connectivity index (χ3n) is 3.50. The lowest BCUT2D eigenvalue weighted by atomic mass is 9.92. The Morgan fingerprint density at radius 3 is 2.47 bits per heavy atom. The van der Waals surface area contributed by atoms with Crippen LogP contribution in [0.25, 0.3) is 0 Å². The van der Waals surface area contributed by atoms with Crippen molar-refractivity contribution in [1.82, 2.24) is 0 Å². The highest BCUT2D eigenvalue weighted by molar-refractivity contribution is 5.69. The minimum Gasteiger partial charge on any atom is -0.459 e. The molecule has 1 aliphatic carbocycles. The number of hydrogen-bond donors (Lipinski definition) is 0. The summed E-state index contributed by atoms with van der Waals surface area (Å²) in [7, 11) is 0. The van der Waals surface area contributed by atoms with Crippen LogP contribution < -0.4 is 0 Å². The predicted molar refractivity (Wildman–Crippen MR) is 67.7 cm³/mol. The molecule has 1 fully saturated rings. The first-order valence-corrected chi connectivity index (χ1v) is 6.50. The Morgan fingerprint density at radius 2 is 1.88 bits per heavy atom. The summed E-state index contributed by atoms with van der Waals surface area (Å²) < 4.78 is 5.71. The van der Waals surface area contributed by atoms with E-state index in [-0.39, 0.29) is 11.6 Å². The van der Waals surface area contributed by atoms with Gasteiger partial charge in [0.15, 0.2) is 0 Å². The van der Waals surface area contributed by atoms with Gasteiger partial charge < -0.3 is 4.74 Å². The van der Waals surface area contributed by atoms with E-state index in [1.54, 1.807) is 0 Å². The second-order valence-corrected chi connectivity index (χ2v) is 4.88. The van der Waals surface area contributed by atoms with Crippen LogP contribution >= 0.6 is 0 Å². The standard InChI is InChI=1S/C15H20O2/c1-2-14(16)17-15(10-6-7-11-15)12-13-8-4-3-5-9-13/h3-5,8-9H,2,6-7,10-12H2,1H3. The fourth-order valence-corrected chi connectivity index (χ4v) is 2.62. The van der Waals surface area contributed by atoms with Crippen LogP contribution in [0.2, 0.25) is 0 Å². The average molecular weight is 232 g/mol. The summed E-state index contributed by atoms with van der Waals surface area (Å²) in [4.78, 5) is 11.5. The van der Waals surface area contributed by atoms with Gasteiger partial charge in [0, 0.05) is 12.8 Å². The lowest BCUT2D eigenvalue weighted by Crippen LogP contribution is -2.34. The quantitative estimate of drug-likeness (QED) is 0.743. The molecule has 0 radical (unpaired) electrons. The van der Waals surface area contributed by atoms with E-state index in [1.807, 2.05) is 25.1 Å². The Morgan fingerprint density at radius 1 is 1.24 bits per heavy atom. The van der Waals surface area contributed by atoms with Crippen LogP contribution in [0, 0.1) is 0 Å². The third kappa shape index (κ3) is 3.09. The minimum absolute atomic E-state index is 0.0668. The van der Waals surface area contributed by atoms with Gasteiger partial charge in [0.05, 0.1) is 0 Å². The number of hydrogen-bond acceptors (Lipinski definition) is 2. The van der Waals surface area contributed by atoms with Gasteiger partial charge in [-0.15, -0.1) is 0 Å². The van der Waals surface area contributed by atoms with Crippen molar-refractivity contribution in [2.75, 3.05) is 0 Å². The van der Waals surface area contributed by atoms with Crippen molar-refractivity contribution < 1.29 is 9.53 Å². The molecule has 0 aromatic heterocycles. The van der Waals surface area contributed by atoms with Crippen LogP contribution in [0.4, 0.5) is 0 Å². The third-order valence-corrected chi connectivity index (χ3v) is 3.50. The van der Waals surface area contributed by atoms with Crippen LogP contribution in [-0.4, -0.2) is 11.6 Å². The van der Waals surface area contributed by atoms with Crippen LogP contribution in [0.3, 0.4) is 0 Å². The Labute approximate surface area is 103 Å². The molecule has 0 bridgehead atoms. The highest BCUT2D eigenvalue weighted by Crippen LogP contribution is 2.36. The molecule has 2 nitrogen and oxygen atoms in total. The van der Waals surface area contributed by atoms with E-state index in [1.165, 1.54) is 18.4 Å². The molecule has 0 saturated heterocycles. The van der Waals surface area contributed by atoms with Crippen LogP contribution in [0.15, 0.2) is 30.3 Å². The summed E-state index contributed by atoms with van der Waals surface area (Å²) in [5.41, 5.74) is 1.03. The Hall–Kier alpha value is -1.31. The number of rotatable bonds is 4. The van der Waals surface area contributed by atoms with E-state index >= 15 is 0 Å². The van der Waals surface area contributed by atoms with E-state index in [9.17, 15) is 4.79 Å². The zero-order valence-electron chi connectivity index (χ0n) is 10.4. The summed E-state index contributed by atoms with van der Waals surface area (Å²) >= 11 is 0. The Kier molecular flexibility index (Phi) is 3.82. The van der Waals surface area contributed by atoms with Crippen molar-refractivity contribution in [2.45, 2.75) is 51.0 Å². The van der Waals surface area contributed by atoms with Crippen LogP contribution in [0.5, 0.6) is 0 Å². The van der Waals surface area contributed by atoms with Gasteiger partial charge in [-0.3, -0.25) is 4.79 Å². The number of ether oxygens (including phenoxy) is 1. The summed E-state index contributed by atoms with van der Waals surface area (Å²) in [6, 6.07) is 10.3. The van der Waals surface area contributed by atoms with Gasteiger partial charge in [0.25, 0.3) is 0 Å². The maximum Gasteiger partial charge on any atom is 0.306 e. The van der Waals surface area contributed by atoms with Crippen molar-refractivity contribution in [3.63, 3.8) is 0 Å². The molecule has 0 aliphatic heterocycles. The average Bonchev–Trinajstić information content (AvgIpc) is 2.78. The largest absolute Gasteiger partial charge is 0.459 e. The first kappa shape index (κ1) is 12.2. The SMILES string of the molecule is CCC(=O)OC1(Cc2ccccc2)CCCC1. The molecule has 0 N–H and O–H groups in total. The predicted octanol–water partition coefficient (Wildman–Crippen LogP) is 3.50. The molecule has 1 aromatic rings. The van der Waals surface area contributed by atoms with E-state index in [4.69, 9.17) is 4.74 Å². The Balaban J connectivity index is 2.09. The summed E-state index contributed by atoms with van der Waals surface area (Å²) in [6.07, 6.45) is 5.69. The summed E-state index contributed by atoms with van der Waals surface area (Å²) in [5.74, 6) is -0.0668. The maximum atomic E-state index is 11.5. The van der Waals surface area contributed by atoms with Gasteiger partial charge in [-0.1, -0.05) is 37.3 Å². The molecule has 2 heteroatoms. The molecule has 1 aromatic carbocycles. The first-order valence-electron chi connectivity index (χ1n) is 6.50.